The summed E-state index contributed by atoms with van der Waals surface area (Å²) >= 11 is 0. The standard InChI is InChI=1S/C39H47N3O8S/c1-8-28(3)40-39(44)34(22-29-14-10-9-11-15-29)41(25-30-16-12-13-27(2)21-30)38(43)26-42(33-23-31(47-4)17-19-35(33)48-5)51(45,46)32-18-20-36(49-6)37(24-32)50-7/h9-21,23-24,28,34H,8,22,25-26H2,1-7H3,(H,40,44)/t28-,34-/m0/s1. The van der Waals surface area contributed by atoms with E-state index in [4.69, 9.17) is 18.9 Å². The number of anilines is 1. The van der Waals surface area contributed by atoms with Crippen molar-refractivity contribution in [3.05, 3.63) is 108 Å². The van der Waals surface area contributed by atoms with E-state index in [1.165, 1.54) is 57.6 Å². The van der Waals surface area contributed by atoms with Gasteiger partial charge in [0.1, 0.15) is 24.1 Å². The number of benzene rings is 4. The summed E-state index contributed by atoms with van der Waals surface area (Å²) in [5.41, 5.74) is 2.67. The van der Waals surface area contributed by atoms with Crippen LogP contribution < -0.4 is 28.6 Å². The Morgan fingerprint density at radius 3 is 2.06 bits per heavy atom. The Kier molecular flexibility index (Phi) is 13.3. The molecule has 51 heavy (non-hydrogen) atoms. The minimum atomic E-state index is -4.49. The van der Waals surface area contributed by atoms with Crippen molar-refractivity contribution in [2.24, 2.45) is 0 Å². The Balaban J connectivity index is 1.90. The maximum absolute atomic E-state index is 14.9. The van der Waals surface area contributed by atoms with Gasteiger partial charge in [-0.1, -0.05) is 67.1 Å². The molecule has 4 aromatic rings. The van der Waals surface area contributed by atoms with Crippen LogP contribution in [0.5, 0.6) is 23.0 Å². The number of methoxy groups -OCH3 is 4. The van der Waals surface area contributed by atoms with Crippen molar-refractivity contribution in [1.29, 1.82) is 0 Å². The van der Waals surface area contributed by atoms with Crippen molar-refractivity contribution in [2.75, 3.05) is 39.3 Å². The number of aryl methyl sites for hydroxylation is 1. The highest BCUT2D eigenvalue weighted by Crippen LogP contribution is 2.38. The number of nitrogens with zero attached hydrogens (tertiary/aromatic N) is 2. The second-order valence-electron chi connectivity index (χ2n) is 12.1. The predicted molar refractivity (Wildman–Crippen MR) is 197 cm³/mol. The zero-order valence-electron chi connectivity index (χ0n) is 30.2. The average molecular weight is 718 g/mol. The van der Waals surface area contributed by atoms with Gasteiger partial charge in [-0.25, -0.2) is 8.42 Å². The number of amides is 2. The fourth-order valence-electron chi connectivity index (χ4n) is 5.61. The van der Waals surface area contributed by atoms with Crippen LogP contribution in [-0.4, -0.2) is 72.2 Å². The maximum atomic E-state index is 14.9. The molecule has 0 saturated carbocycles. The molecule has 0 fully saturated rings. The van der Waals surface area contributed by atoms with Gasteiger partial charge < -0.3 is 29.2 Å². The third kappa shape index (κ3) is 9.52. The van der Waals surface area contributed by atoms with Gasteiger partial charge >= 0.3 is 0 Å². The van der Waals surface area contributed by atoms with Crippen LogP contribution in [0.25, 0.3) is 0 Å². The van der Waals surface area contributed by atoms with Crippen LogP contribution in [0.2, 0.25) is 0 Å². The van der Waals surface area contributed by atoms with E-state index in [0.717, 1.165) is 21.0 Å². The zero-order valence-corrected chi connectivity index (χ0v) is 31.0. The summed E-state index contributed by atoms with van der Waals surface area (Å²) in [4.78, 5) is 30.3. The van der Waals surface area contributed by atoms with Crippen molar-refractivity contribution >= 4 is 27.5 Å². The molecule has 272 valence electrons. The maximum Gasteiger partial charge on any atom is 0.265 e. The fourth-order valence-corrected chi connectivity index (χ4v) is 7.04. The van der Waals surface area contributed by atoms with Gasteiger partial charge in [0.2, 0.25) is 11.8 Å². The van der Waals surface area contributed by atoms with E-state index in [9.17, 15) is 18.0 Å². The Morgan fingerprint density at radius 2 is 1.43 bits per heavy atom. The summed E-state index contributed by atoms with van der Waals surface area (Å²) in [5, 5.41) is 3.05. The van der Waals surface area contributed by atoms with Gasteiger partial charge in [0.15, 0.2) is 11.5 Å². The molecule has 4 aromatic carbocycles. The number of rotatable bonds is 17. The summed E-state index contributed by atoms with van der Waals surface area (Å²) < 4.78 is 52.2. The smallest absolute Gasteiger partial charge is 0.265 e. The Bertz CT molecular complexity index is 1900. The molecule has 4 rings (SSSR count). The highest BCUT2D eigenvalue weighted by Gasteiger charge is 2.36. The third-order valence-electron chi connectivity index (χ3n) is 8.58. The van der Waals surface area contributed by atoms with Gasteiger partial charge in [-0.15, -0.1) is 0 Å². The number of carbonyl (C=O) groups is 2. The molecule has 1 N–H and O–H groups in total. The van der Waals surface area contributed by atoms with Gasteiger partial charge in [-0.2, -0.15) is 0 Å². The first-order valence-corrected chi connectivity index (χ1v) is 18.1. The molecule has 2 atom stereocenters. The molecule has 0 radical (unpaired) electrons. The SMILES string of the molecule is CC[C@H](C)NC(=O)[C@H](Cc1ccccc1)N(Cc1cccc(C)c1)C(=O)CN(c1cc(OC)ccc1OC)S(=O)(=O)c1ccc(OC)c(OC)c1. The fraction of sp³-hybridized carbons (Fsp3) is 0.333. The Morgan fingerprint density at radius 1 is 0.765 bits per heavy atom. The number of hydrogen-bond donors (Lipinski definition) is 1. The van der Waals surface area contributed by atoms with Crippen LogP contribution in [0.1, 0.15) is 37.0 Å². The highest BCUT2D eigenvalue weighted by molar-refractivity contribution is 7.92. The van der Waals surface area contributed by atoms with Crippen molar-refractivity contribution < 1.29 is 37.0 Å². The van der Waals surface area contributed by atoms with Gasteiger partial charge in [0.25, 0.3) is 10.0 Å². The average Bonchev–Trinajstić information content (AvgIpc) is 3.14. The van der Waals surface area contributed by atoms with Gasteiger partial charge in [-0.3, -0.25) is 13.9 Å². The second-order valence-corrected chi connectivity index (χ2v) is 14.0. The van der Waals surface area contributed by atoms with E-state index in [2.05, 4.69) is 5.32 Å². The van der Waals surface area contributed by atoms with E-state index in [0.29, 0.717) is 17.9 Å². The zero-order chi connectivity index (χ0) is 37.1. The van der Waals surface area contributed by atoms with Crippen LogP contribution in [0.4, 0.5) is 5.69 Å². The first-order valence-electron chi connectivity index (χ1n) is 16.6. The molecule has 0 unspecified atom stereocenters. The lowest BCUT2D eigenvalue weighted by Gasteiger charge is -2.34. The quantitative estimate of drug-likeness (QED) is 0.146. The topological polar surface area (TPSA) is 124 Å². The summed E-state index contributed by atoms with van der Waals surface area (Å²) in [7, 11) is 1.23. The predicted octanol–water partition coefficient (Wildman–Crippen LogP) is 5.78. The summed E-state index contributed by atoms with van der Waals surface area (Å²) in [6, 6.07) is 24.8. The molecular formula is C39H47N3O8S. The lowest BCUT2D eigenvalue weighted by molar-refractivity contribution is -0.140. The molecule has 12 heteroatoms. The van der Waals surface area contributed by atoms with Crippen LogP contribution in [0.15, 0.2) is 95.9 Å². The highest BCUT2D eigenvalue weighted by atomic mass is 32.2. The van der Waals surface area contributed by atoms with E-state index in [-0.39, 0.29) is 47.0 Å². The molecule has 0 aliphatic heterocycles. The molecule has 0 aliphatic rings. The molecule has 11 nitrogen and oxygen atoms in total. The lowest BCUT2D eigenvalue weighted by Crippen LogP contribution is -2.54. The van der Waals surface area contributed by atoms with Crippen molar-refractivity contribution in [1.82, 2.24) is 10.2 Å². The molecule has 0 bridgehead atoms. The van der Waals surface area contributed by atoms with E-state index in [1.807, 2.05) is 75.4 Å². The number of carbonyl (C=O) groups excluding carboxylic acids is 2. The van der Waals surface area contributed by atoms with Crippen LogP contribution in [-0.2, 0) is 32.6 Å². The molecule has 0 spiro atoms. The van der Waals surface area contributed by atoms with Crippen molar-refractivity contribution in [3.8, 4) is 23.0 Å². The van der Waals surface area contributed by atoms with Crippen LogP contribution in [0, 0.1) is 6.92 Å². The number of nitrogens with one attached hydrogen (secondary N) is 1. The van der Waals surface area contributed by atoms with E-state index in [1.54, 1.807) is 12.1 Å². The Hall–Kier alpha value is -5.23. The normalized spacial score (nSPS) is 12.3. The van der Waals surface area contributed by atoms with Crippen molar-refractivity contribution in [3.63, 3.8) is 0 Å². The second kappa shape index (κ2) is 17.6. The minimum Gasteiger partial charge on any atom is -0.497 e. The molecule has 2 amide bonds. The molecule has 0 aromatic heterocycles. The van der Waals surface area contributed by atoms with Crippen LogP contribution in [0.3, 0.4) is 0 Å². The van der Waals surface area contributed by atoms with Gasteiger partial charge in [0, 0.05) is 31.1 Å². The third-order valence-corrected chi connectivity index (χ3v) is 10.3. The summed E-state index contributed by atoms with van der Waals surface area (Å²) in [6.45, 7) is 5.18. The van der Waals surface area contributed by atoms with Gasteiger partial charge in [-0.05, 0) is 55.7 Å². The number of ether oxygens (including phenoxy) is 4. The van der Waals surface area contributed by atoms with E-state index < -0.39 is 28.5 Å². The number of sulfonamides is 1. The molecule has 0 aliphatic carbocycles. The summed E-state index contributed by atoms with van der Waals surface area (Å²) in [5.74, 6) is 0.102. The van der Waals surface area contributed by atoms with Gasteiger partial charge in [0.05, 0.1) is 39.0 Å². The largest absolute Gasteiger partial charge is 0.497 e. The first kappa shape index (κ1) is 38.6. The lowest BCUT2D eigenvalue weighted by atomic mass is 10.0. The van der Waals surface area contributed by atoms with Crippen LogP contribution >= 0.6 is 0 Å². The molecular weight excluding hydrogens is 671 g/mol. The first-order chi connectivity index (χ1) is 24.4. The Labute approximate surface area is 301 Å². The van der Waals surface area contributed by atoms with E-state index >= 15 is 0 Å². The summed E-state index contributed by atoms with van der Waals surface area (Å²) in [6.07, 6.45) is 0.883. The minimum absolute atomic E-state index is 0.0471. The van der Waals surface area contributed by atoms with Crippen molar-refractivity contribution in [2.45, 2.75) is 57.1 Å². The molecule has 0 heterocycles. The number of hydrogen-bond acceptors (Lipinski definition) is 8. The molecule has 0 saturated heterocycles. The monoisotopic (exact) mass is 717 g/mol.